The Kier molecular flexibility index (Phi) is 5.16. The Labute approximate surface area is 104 Å². The number of hydrogen-bond donors (Lipinski definition) is 0. The zero-order valence-electron chi connectivity index (χ0n) is 11.3. The molecular formula is C14H24O3. The minimum absolute atomic E-state index is 0.0680. The molecule has 0 radical (unpaired) electrons. The van der Waals surface area contributed by atoms with Gasteiger partial charge in [-0.15, -0.1) is 0 Å². The number of ether oxygens (including phenoxy) is 1. The summed E-state index contributed by atoms with van der Waals surface area (Å²) < 4.78 is 5.05. The second-order valence-corrected chi connectivity index (χ2v) is 5.32. The molecular weight excluding hydrogens is 216 g/mol. The second kappa shape index (κ2) is 6.18. The molecule has 1 aliphatic carbocycles. The second-order valence-electron chi connectivity index (χ2n) is 5.32. The molecule has 0 spiro atoms. The smallest absolute Gasteiger partial charge is 0.319 e. The first kappa shape index (κ1) is 14.2. The van der Waals surface area contributed by atoms with Crippen LogP contribution in [0.15, 0.2) is 0 Å². The number of carbonyl (C=O) groups is 2. The van der Waals surface area contributed by atoms with Crippen LogP contribution in [0.25, 0.3) is 0 Å². The summed E-state index contributed by atoms with van der Waals surface area (Å²) in [5.41, 5.74) is -0.933. The molecule has 0 aromatic rings. The molecule has 0 aromatic heterocycles. The lowest BCUT2D eigenvalue weighted by molar-refractivity contribution is -0.159. The first-order chi connectivity index (χ1) is 8.00. The van der Waals surface area contributed by atoms with Crippen molar-refractivity contribution >= 4 is 11.8 Å². The molecule has 0 aliphatic heterocycles. The standard InChI is InChI=1S/C14H24O3/c1-4-17-13(16)14(3,11(2)15)10-12-8-6-5-7-9-12/h12H,4-10H2,1-3H3. The Morgan fingerprint density at radius 1 is 1.24 bits per heavy atom. The van der Waals surface area contributed by atoms with Crippen molar-refractivity contribution < 1.29 is 14.3 Å². The van der Waals surface area contributed by atoms with Crippen LogP contribution >= 0.6 is 0 Å². The van der Waals surface area contributed by atoms with Gasteiger partial charge in [-0.1, -0.05) is 32.1 Å². The van der Waals surface area contributed by atoms with Gasteiger partial charge in [0.2, 0.25) is 0 Å². The molecule has 1 fully saturated rings. The maximum atomic E-state index is 11.9. The fraction of sp³-hybridized carbons (Fsp3) is 0.857. The third kappa shape index (κ3) is 3.55. The van der Waals surface area contributed by atoms with E-state index in [1.807, 2.05) is 0 Å². The molecule has 0 aromatic carbocycles. The molecule has 3 heteroatoms. The number of rotatable bonds is 5. The Bertz CT molecular complexity index is 279. The summed E-state index contributed by atoms with van der Waals surface area (Å²) in [6, 6.07) is 0. The first-order valence-electron chi connectivity index (χ1n) is 6.69. The number of esters is 1. The van der Waals surface area contributed by atoms with Crippen LogP contribution in [0.5, 0.6) is 0 Å². The van der Waals surface area contributed by atoms with Gasteiger partial charge in [-0.25, -0.2) is 0 Å². The Morgan fingerprint density at radius 2 is 1.82 bits per heavy atom. The largest absolute Gasteiger partial charge is 0.465 e. The minimum Gasteiger partial charge on any atom is -0.465 e. The number of Topliss-reactive ketones (excluding diaryl/α,β-unsaturated/α-hetero) is 1. The van der Waals surface area contributed by atoms with Crippen LogP contribution in [-0.4, -0.2) is 18.4 Å². The number of ketones is 1. The molecule has 0 amide bonds. The van der Waals surface area contributed by atoms with Crippen molar-refractivity contribution in [2.24, 2.45) is 11.3 Å². The summed E-state index contributed by atoms with van der Waals surface area (Å²) in [5.74, 6) is 0.0849. The molecule has 98 valence electrons. The van der Waals surface area contributed by atoms with Gasteiger partial charge in [-0.05, 0) is 33.1 Å². The molecule has 0 N–H and O–H groups in total. The van der Waals surface area contributed by atoms with Crippen molar-refractivity contribution in [1.29, 1.82) is 0 Å². The van der Waals surface area contributed by atoms with Gasteiger partial charge in [0.05, 0.1) is 6.61 Å². The average molecular weight is 240 g/mol. The monoisotopic (exact) mass is 240 g/mol. The number of hydrogen-bond acceptors (Lipinski definition) is 3. The highest BCUT2D eigenvalue weighted by Gasteiger charge is 2.41. The summed E-state index contributed by atoms with van der Waals surface area (Å²) in [6.45, 7) is 5.35. The third-order valence-corrected chi connectivity index (χ3v) is 3.92. The zero-order chi connectivity index (χ0) is 12.9. The van der Waals surface area contributed by atoms with E-state index >= 15 is 0 Å². The SMILES string of the molecule is CCOC(=O)C(C)(CC1CCCCC1)C(C)=O. The number of carbonyl (C=O) groups excluding carboxylic acids is 2. The molecule has 1 saturated carbocycles. The lowest BCUT2D eigenvalue weighted by atomic mass is 9.73. The van der Waals surface area contributed by atoms with Gasteiger partial charge in [-0.3, -0.25) is 9.59 Å². The van der Waals surface area contributed by atoms with E-state index in [1.54, 1.807) is 13.8 Å². The van der Waals surface area contributed by atoms with E-state index in [-0.39, 0.29) is 11.8 Å². The summed E-state index contributed by atoms with van der Waals surface area (Å²) >= 11 is 0. The van der Waals surface area contributed by atoms with E-state index in [1.165, 1.54) is 26.2 Å². The highest BCUT2D eigenvalue weighted by atomic mass is 16.5. The fourth-order valence-corrected chi connectivity index (χ4v) is 2.63. The normalized spacial score (nSPS) is 20.6. The van der Waals surface area contributed by atoms with Crippen molar-refractivity contribution in [2.75, 3.05) is 6.61 Å². The van der Waals surface area contributed by atoms with Crippen LogP contribution < -0.4 is 0 Å². The van der Waals surface area contributed by atoms with E-state index in [4.69, 9.17) is 4.74 Å². The van der Waals surface area contributed by atoms with Crippen molar-refractivity contribution in [3.63, 3.8) is 0 Å². The first-order valence-corrected chi connectivity index (χ1v) is 6.69. The summed E-state index contributed by atoms with van der Waals surface area (Å²) in [6.07, 6.45) is 6.67. The molecule has 3 nitrogen and oxygen atoms in total. The van der Waals surface area contributed by atoms with E-state index in [9.17, 15) is 9.59 Å². The molecule has 0 bridgehead atoms. The molecule has 1 rings (SSSR count). The van der Waals surface area contributed by atoms with Gasteiger partial charge in [0.15, 0.2) is 0 Å². The van der Waals surface area contributed by atoms with E-state index < -0.39 is 5.41 Å². The lowest BCUT2D eigenvalue weighted by Crippen LogP contribution is -2.38. The predicted molar refractivity (Wildman–Crippen MR) is 66.6 cm³/mol. The van der Waals surface area contributed by atoms with Gasteiger partial charge in [0.1, 0.15) is 11.2 Å². The van der Waals surface area contributed by atoms with Crippen molar-refractivity contribution in [3.05, 3.63) is 0 Å². The summed E-state index contributed by atoms with van der Waals surface area (Å²) in [5, 5.41) is 0. The predicted octanol–water partition coefficient (Wildman–Crippen LogP) is 3.12. The van der Waals surface area contributed by atoms with Crippen molar-refractivity contribution in [1.82, 2.24) is 0 Å². The Balaban J connectivity index is 2.69. The van der Waals surface area contributed by atoms with Gasteiger partial charge in [-0.2, -0.15) is 0 Å². The van der Waals surface area contributed by atoms with E-state index in [0.29, 0.717) is 18.9 Å². The molecule has 0 heterocycles. The Morgan fingerprint density at radius 3 is 2.29 bits per heavy atom. The quantitative estimate of drug-likeness (QED) is 0.548. The molecule has 1 atom stereocenters. The maximum absolute atomic E-state index is 11.9. The molecule has 1 unspecified atom stereocenters. The molecule has 0 saturated heterocycles. The maximum Gasteiger partial charge on any atom is 0.319 e. The van der Waals surface area contributed by atoms with Gasteiger partial charge in [0.25, 0.3) is 0 Å². The van der Waals surface area contributed by atoms with Crippen LogP contribution in [-0.2, 0) is 14.3 Å². The van der Waals surface area contributed by atoms with Crippen molar-refractivity contribution in [2.45, 2.75) is 59.3 Å². The summed E-state index contributed by atoms with van der Waals surface area (Å²) in [7, 11) is 0. The Hall–Kier alpha value is -0.860. The fourth-order valence-electron chi connectivity index (χ4n) is 2.63. The third-order valence-electron chi connectivity index (χ3n) is 3.92. The highest BCUT2D eigenvalue weighted by molar-refractivity contribution is 6.02. The van der Waals surface area contributed by atoms with Crippen LogP contribution in [0.1, 0.15) is 59.3 Å². The van der Waals surface area contributed by atoms with Crippen molar-refractivity contribution in [3.8, 4) is 0 Å². The average Bonchev–Trinajstić information content (AvgIpc) is 2.30. The van der Waals surface area contributed by atoms with Crippen LogP contribution in [0.3, 0.4) is 0 Å². The minimum atomic E-state index is -0.933. The highest BCUT2D eigenvalue weighted by Crippen LogP contribution is 2.36. The summed E-state index contributed by atoms with van der Waals surface area (Å²) in [4.78, 5) is 23.7. The van der Waals surface area contributed by atoms with Gasteiger partial charge < -0.3 is 4.74 Å². The topological polar surface area (TPSA) is 43.4 Å². The molecule has 17 heavy (non-hydrogen) atoms. The van der Waals surface area contributed by atoms with E-state index in [0.717, 1.165) is 12.8 Å². The van der Waals surface area contributed by atoms with Gasteiger partial charge >= 0.3 is 5.97 Å². The lowest BCUT2D eigenvalue weighted by Gasteiger charge is -2.31. The molecule has 1 aliphatic rings. The van der Waals surface area contributed by atoms with Crippen LogP contribution in [0.4, 0.5) is 0 Å². The van der Waals surface area contributed by atoms with Gasteiger partial charge in [0, 0.05) is 0 Å². The van der Waals surface area contributed by atoms with Crippen LogP contribution in [0, 0.1) is 11.3 Å². The zero-order valence-corrected chi connectivity index (χ0v) is 11.3. The van der Waals surface area contributed by atoms with E-state index in [2.05, 4.69) is 0 Å². The van der Waals surface area contributed by atoms with Crippen LogP contribution in [0.2, 0.25) is 0 Å².